The van der Waals surface area contributed by atoms with E-state index in [2.05, 4.69) is 5.32 Å². The van der Waals surface area contributed by atoms with Crippen LogP contribution in [0.25, 0.3) is 0 Å². The van der Waals surface area contributed by atoms with Crippen molar-refractivity contribution < 1.29 is 27.1 Å². The lowest BCUT2D eigenvalue weighted by Crippen LogP contribution is -2.46. The summed E-state index contributed by atoms with van der Waals surface area (Å²) in [5, 5.41) is 2.40. The SMILES string of the molecule is NC(=O)C(Cc1ccccc1)NC(=O)c1cc(S(=O)(=O)N2CCOCC2)ccc1F. The van der Waals surface area contributed by atoms with Crippen LogP contribution in [-0.2, 0) is 26.0 Å². The van der Waals surface area contributed by atoms with Crippen LogP contribution >= 0.6 is 0 Å². The molecule has 0 aromatic heterocycles. The molecule has 0 spiro atoms. The first kappa shape index (κ1) is 21.9. The zero-order valence-corrected chi connectivity index (χ0v) is 16.9. The summed E-state index contributed by atoms with van der Waals surface area (Å²) in [5.74, 6) is -2.62. The topological polar surface area (TPSA) is 119 Å². The molecule has 3 N–H and O–H groups in total. The number of benzene rings is 2. The van der Waals surface area contributed by atoms with Crippen LogP contribution < -0.4 is 11.1 Å². The van der Waals surface area contributed by atoms with Gasteiger partial charge in [-0.3, -0.25) is 9.59 Å². The summed E-state index contributed by atoms with van der Waals surface area (Å²) in [7, 11) is -3.91. The number of nitrogens with two attached hydrogens (primary N) is 1. The number of carbonyl (C=O) groups is 2. The Morgan fingerprint density at radius 1 is 1.13 bits per heavy atom. The van der Waals surface area contributed by atoms with Crippen molar-refractivity contribution in [3.63, 3.8) is 0 Å². The summed E-state index contributed by atoms with van der Waals surface area (Å²) < 4.78 is 46.3. The highest BCUT2D eigenvalue weighted by molar-refractivity contribution is 7.89. The minimum absolute atomic E-state index is 0.120. The van der Waals surface area contributed by atoms with E-state index < -0.39 is 39.3 Å². The maximum Gasteiger partial charge on any atom is 0.254 e. The average Bonchev–Trinajstić information content (AvgIpc) is 2.74. The van der Waals surface area contributed by atoms with E-state index in [1.807, 2.05) is 0 Å². The summed E-state index contributed by atoms with van der Waals surface area (Å²) in [4.78, 5) is 24.2. The molecule has 1 atom stereocenters. The Morgan fingerprint density at radius 2 is 1.80 bits per heavy atom. The van der Waals surface area contributed by atoms with Gasteiger partial charge in [-0.25, -0.2) is 12.8 Å². The van der Waals surface area contributed by atoms with Crippen LogP contribution in [0.2, 0.25) is 0 Å². The fourth-order valence-electron chi connectivity index (χ4n) is 3.08. The Kier molecular flexibility index (Phi) is 6.80. The van der Waals surface area contributed by atoms with Crippen molar-refractivity contribution in [3.05, 3.63) is 65.5 Å². The van der Waals surface area contributed by atoms with Gasteiger partial charge in [0.05, 0.1) is 23.7 Å². The number of nitrogens with one attached hydrogen (secondary N) is 1. The predicted molar refractivity (Wildman–Crippen MR) is 107 cm³/mol. The van der Waals surface area contributed by atoms with Gasteiger partial charge in [0.1, 0.15) is 11.9 Å². The van der Waals surface area contributed by atoms with Crippen molar-refractivity contribution in [1.29, 1.82) is 0 Å². The molecule has 2 aromatic carbocycles. The molecule has 0 aliphatic carbocycles. The average molecular weight is 435 g/mol. The van der Waals surface area contributed by atoms with Crippen LogP contribution in [0, 0.1) is 5.82 Å². The molecule has 2 aromatic rings. The number of hydrogen-bond donors (Lipinski definition) is 2. The maximum atomic E-state index is 14.3. The van der Waals surface area contributed by atoms with Crippen molar-refractivity contribution in [1.82, 2.24) is 9.62 Å². The second-order valence-electron chi connectivity index (χ2n) is 6.78. The number of rotatable bonds is 7. The minimum Gasteiger partial charge on any atom is -0.379 e. The zero-order chi connectivity index (χ0) is 21.7. The third kappa shape index (κ3) is 5.02. The van der Waals surface area contributed by atoms with Crippen molar-refractivity contribution in [2.24, 2.45) is 5.73 Å². The van der Waals surface area contributed by atoms with Crippen molar-refractivity contribution >= 4 is 21.8 Å². The maximum absolute atomic E-state index is 14.3. The molecular formula is C20H22FN3O5S. The number of carbonyl (C=O) groups excluding carboxylic acids is 2. The molecule has 1 aliphatic rings. The van der Waals surface area contributed by atoms with Crippen LogP contribution in [0.15, 0.2) is 53.4 Å². The lowest BCUT2D eigenvalue weighted by atomic mass is 10.0. The number of halogens is 1. The highest BCUT2D eigenvalue weighted by Crippen LogP contribution is 2.20. The Balaban J connectivity index is 1.82. The summed E-state index contributed by atoms with van der Waals surface area (Å²) in [6.45, 7) is 0.852. The van der Waals surface area contributed by atoms with Gasteiger partial charge in [0, 0.05) is 19.5 Å². The van der Waals surface area contributed by atoms with E-state index in [9.17, 15) is 22.4 Å². The molecule has 0 saturated carbocycles. The van der Waals surface area contributed by atoms with Crippen LogP contribution in [-0.4, -0.2) is 56.9 Å². The van der Waals surface area contributed by atoms with Gasteiger partial charge in [0.25, 0.3) is 5.91 Å². The van der Waals surface area contributed by atoms with Gasteiger partial charge in [0.15, 0.2) is 0 Å². The Labute approximate surface area is 173 Å². The summed E-state index contributed by atoms with van der Waals surface area (Å²) in [6, 6.07) is 10.8. The van der Waals surface area contributed by atoms with Crippen LogP contribution in [0.4, 0.5) is 4.39 Å². The molecule has 8 nitrogen and oxygen atoms in total. The van der Waals surface area contributed by atoms with Gasteiger partial charge in [-0.1, -0.05) is 30.3 Å². The van der Waals surface area contributed by atoms with E-state index in [-0.39, 0.29) is 37.6 Å². The lowest BCUT2D eigenvalue weighted by Gasteiger charge is -2.26. The molecule has 10 heteroatoms. The molecule has 1 fully saturated rings. The Bertz CT molecular complexity index is 1020. The number of ether oxygens (including phenoxy) is 1. The van der Waals surface area contributed by atoms with Gasteiger partial charge in [-0.2, -0.15) is 4.31 Å². The van der Waals surface area contributed by atoms with Gasteiger partial charge < -0.3 is 15.8 Å². The Hall–Kier alpha value is -2.82. The van der Waals surface area contributed by atoms with E-state index in [1.165, 1.54) is 4.31 Å². The third-order valence-corrected chi connectivity index (χ3v) is 6.62. The molecule has 3 rings (SSSR count). The molecule has 1 saturated heterocycles. The number of primary amides is 1. The second kappa shape index (κ2) is 9.33. The molecule has 0 bridgehead atoms. The van der Waals surface area contributed by atoms with Crippen LogP contribution in [0.3, 0.4) is 0 Å². The smallest absolute Gasteiger partial charge is 0.254 e. The van der Waals surface area contributed by atoms with E-state index in [0.29, 0.717) is 0 Å². The molecule has 1 heterocycles. The standard InChI is InChI=1S/C20H22FN3O5S/c21-17-7-6-15(30(27,28)24-8-10-29-11-9-24)13-16(17)20(26)23-18(19(22)25)12-14-4-2-1-3-5-14/h1-7,13,18H,8-12H2,(H2,22,25)(H,23,26). The van der Waals surface area contributed by atoms with E-state index >= 15 is 0 Å². The number of morpholine rings is 1. The number of amides is 2. The van der Waals surface area contributed by atoms with Crippen molar-refractivity contribution in [3.8, 4) is 0 Å². The van der Waals surface area contributed by atoms with E-state index in [0.717, 1.165) is 23.8 Å². The first-order valence-electron chi connectivity index (χ1n) is 9.30. The minimum atomic E-state index is -3.91. The van der Waals surface area contributed by atoms with Gasteiger partial charge in [-0.05, 0) is 23.8 Å². The highest BCUT2D eigenvalue weighted by Gasteiger charge is 2.28. The number of nitrogens with zero attached hydrogens (tertiary/aromatic N) is 1. The third-order valence-electron chi connectivity index (χ3n) is 4.72. The van der Waals surface area contributed by atoms with Crippen molar-refractivity contribution in [2.45, 2.75) is 17.4 Å². The zero-order valence-electron chi connectivity index (χ0n) is 16.1. The highest BCUT2D eigenvalue weighted by atomic mass is 32.2. The molecule has 160 valence electrons. The molecule has 2 amide bonds. The number of hydrogen-bond acceptors (Lipinski definition) is 5. The first-order chi connectivity index (χ1) is 14.3. The van der Waals surface area contributed by atoms with Gasteiger partial charge in [-0.15, -0.1) is 0 Å². The lowest BCUT2D eigenvalue weighted by molar-refractivity contribution is -0.119. The summed E-state index contributed by atoms with van der Waals surface area (Å²) in [6.07, 6.45) is 0.120. The van der Waals surface area contributed by atoms with Gasteiger partial charge in [0.2, 0.25) is 15.9 Å². The number of sulfonamides is 1. The van der Waals surface area contributed by atoms with Crippen LogP contribution in [0.5, 0.6) is 0 Å². The first-order valence-corrected chi connectivity index (χ1v) is 10.7. The van der Waals surface area contributed by atoms with Crippen LogP contribution in [0.1, 0.15) is 15.9 Å². The fraction of sp³-hybridized carbons (Fsp3) is 0.300. The molecule has 1 unspecified atom stereocenters. The van der Waals surface area contributed by atoms with E-state index in [1.54, 1.807) is 30.3 Å². The normalized spacial score (nSPS) is 16.0. The molecule has 0 radical (unpaired) electrons. The quantitative estimate of drug-likeness (QED) is 0.663. The Morgan fingerprint density at radius 3 is 2.43 bits per heavy atom. The van der Waals surface area contributed by atoms with Crippen molar-refractivity contribution in [2.75, 3.05) is 26.3 Å². The van der Waals surface area contributed by atoms with Gasteiger partial charge >= 0.3 is 0 Å². The summed E-state index contributed by atoms with van der Waals surface area (Å²) in [5.41, 5.74) is 5.66. The van der Waals surface area contributed by atoms with E-state index in [4.69, 9.17) is 10.5 Å². The molecule has 30 heavy (non-hydrogen) atoms. The predicted octanol–water partition coefficient (Wildman–Crippen LogP) is 0.673. The molecule has 1 aliphatic heterocycles. The molecular weight excluding hydrogens is 413 g/mol. The monoisotopic (exact) mass is 435 g/mol. The summed E-state index contributed by atoms with van der Waals surface area (Å²) >= 11 is 0. The fourth-order valence-corrected chi connectivity index (χ4v) is 4.52. The largest absolute Gasteiger partial charge is 0.379 e. The second-order valence-corrected chi connectivity index (χ2v) is 8.71.